The summed E-state index contributed by atoms with van der Waals surface area (Å²) in [6, 6.07) is 0. The van der Waals surface area contributed by atoms with Gasteiger partial charge in [0.25, 0.3) is 0 Å². The van der Waals surface area contributed by atoms with E-state index in [0.717, 1.165) is 19.4 Å². The molecule has 1 amide bonds. The van der Waals surface area contributed by atoms with Crippen molar-refractivity contribution in [3.05, 3.63) is 0 Å². The summed E-state index contributed by atoms with van der Waals surface area (Å²) in [5, 5.41) is 3.41. The van der Waals surface area contributed by atoms with Crippen molar-refractivity contribution < 1.29 is 9.53 Å². The third kappa shape index (κ3) is 4.86. The number of carbonyl (C=O) groups excluding carboxylic acids is 1. The molecule has 1 aliphatic rings. The van der Waals surface area contributed by atoms with Gasteiger partial charge >= 0.3 is 0 Å². The topological polar surface area (TPSA) is 38.3 Å². The minimum absolute atomic E-state index is 0.124. The maximum absolute atomic E-state index is 11.3. The third-order valence-electron chi connectivity index (χ3n) is 2.10. The molecule has 0 aliphatic carbocycles. The van der Waals surface area contributed by atoms with E-state index in [1.165, 1.54) is 0 Å². The Hall–Kier alpha value is -0.220. The van der Waals surface area contributed by atoms with Crippen LogP contribution in [-0.4, -0.2) is 36.2 Å². The number of nitrogens with one attached hydrogen (secondary N) is 1. The van der Waals surface area contributed by atoms with Gasteiger partial charge in [0.2, 0.25) is 5.91 Å². The molecular formula is C10H19NO2S. The second-order valence-electron chi connectivity index (χ2n) is 3.80. The van der Waals surface area contributed by atoms with Crippen LogP contribution < -0.4 is 5.32 Å². The van der Waals surface area contributed by atoms with Crippen LogP contribution in [0.25, 0.3) is 0 Å². The van der Waals surface area contributed by atoms with Crippen LogP contribution in [0.4, 0.5) is 0 Å². The Morgan fingerprint density at radius 3 is 3.00 bits per heavy atom. The van der Waals surface area contributed by atoms with Crippen molar-refractivity contribution >= 4 is 17.7 Å². The predicted octanol–water partition coefficient (Wildman–Crippen LogP) is 1.42. The van der Waals surface area contributed by atoms with Gasteiger partial charge in [0.15, 0.2) is 0 Å². The van der Waals surface area contributed by atoms with Crippen molar-refractivity contribution in [2.24, 2.45) is 0 Å². The van der Waals surface area contributed by atoms with Crippen molar-refractivity contribution in [2.75, 3.05) is 18.9 Å². The molecule has 1 aliphatic heterocycles. The van der Waals surface area contributed by atoms with Crippen LogP contribution >= 0.6 is 11.8 Å². The first kappa shape index (κ1) is 11.9. The zero-order valence-corrected chi connectivity index (χ0v) is 9.73. The zero-order chi connectivity index (χ0) is 10.4. The molecule has 1 saturated heterocycles. The largest absolute Gasteiger partial charge is 0.376 e. The highest BCUT2D eigenvalue weighted by Crippen LogP contribution is 2.11. The Morgan fingerprint density at radius 2 is 2.43 bits per heavy atom. The molecule has 0 radical (unpaired) electrons. The molecule has 0 aromatic carbocycles. The molecule has 0 aromatic rings. The van der Waals surface area contributed by atoms with Gasteiger partial charge in [-0.2, -0.15) is 0 Å². The standard InChI is InChI=1S/C10H19NO2S/c1-8(2)14-7-10(12)11-6-9-4-3-5-13-9/h8-9H,3-7H2,1-2H3,(H,11,12). The number of rotatable bonds is 5. The van der Waals surface area contributed by atoms with Crippen LogP contribution in [0.15, 0.2) is 0 Å². The lowest BCUT2D eigenvalue weighted by Crippen LogP contribution is -2.33. The number of hydrogen-bond donors (Lipinski definition) is 1. The summed E-state index contributed by atoms with van der Waals surface area (Å²) >= 11 is 1.67. The second-order valence-corrected chi connectivity index (χ2v) is 5.36. The highest BCUT2D eigenvalue weighted by molar-refractivity contribution is 8.00. The molecule has 1 atom stereocenters. The molecule has 1 N–H and O–H groups in total. The van der Waals surface area contributed by atoms with Gasteiger partial charge in [-0.3, -0.25) is 4.79 Å². The Labute approximate surface area is 90.0 Å². The van der Waals surface area contributed by atoms with Crippen molar-refractivity contribution in [1.82, 2.24) is 5.32 Å². The summed E-state index contributed by atoms with van der Waals surface area (Å²) in [5.41, 5.74) is 0. The normalized spacial score (nSPS) is 21.5. The number of carbonyl (C=O) groups is 1. The molecule has 1 heterocycles. The van der Waals surface area contributed by atoms with E-state index in [1.807, 2.05) is 0 Å². The number of thioether (sulfide) groups is 1. The van der Waals surface area contributed by atoms with Crippen LogP contribution in [0.5, 0.6) is 0 Å². The Balaban J connectivity index is 2.02. The molecule has 3 nitrogen and oxygen atoms in total. The lowest BCUT2D eigenvalue weighted by molar-refractivity contribution is -0.119. The fourth-order valence-electron chi connectivity index (χ4n) is 1.33. The maximum Gasteiger partial charge on any atom is 0.230 e. The van der Waals surface area contributed by atoms with Gasteiger partial charge in [0.05, 0.1) is 11.9 Å². The fraction of sp³-hybridized carbons (Fsp3) is 0.900. The van der Waals surface area contributed by atoms with Gasteiger partial charge in [0, 0.05) is 13.2 Å². The SMILES string of the molecule is CC(C)SCC(=O)NCC1CCCO1. The molecule has 4 heteroatoms. The summed E-state index contributed by atoms with van der Waals surface area (Å²) in [4.78, 5) is 11.3. The fourth-order valence-corrected chi connectivity index (χ4v) is 1.91. The smallest absolute Gasteiger partial charge is 0.230 e. The van der Waals surface area contributed by atoms with Crippen molar-refractivity contribution in [2.45, 2.75) is 38.0 Å². The number of hydrogen-bond acceptors (Lipinski definition) is 3. The van der Waals surface area contributed by atoms with E-state index < -0.39 is 0 Å². The van der Waals surface area contributed by atoms with Gasteiger partial charge in [-0.05, 0) is 18.1 Å². The van der Waals surface area contributed by atoms with E-state index in [-0.39, 0.29) is 12.0 Å². The molecule has 0 saturated carbocycles. The second kappa shape index (κ2) is 6.30. The Kier molecular flexibility index (Phi) is 5.33. The van der Waals surface area contributed by atoms with E-state index in [4.69, 9.17) is 4.74 Å². The Morgan fingerprint density at radius 1 is 1.64 bits per heavy atom. The summed E-state index contributed by atoms with van der Waals surface area (Å²) < 4.78 is 5.41. The van der Waals surface area contributed by atoms with Crippen molar-refractivity contribution in [3.8, 4) is 0 Å². The predicted molar refractivity (Wildman–Crippen MR) is 59.6 cm³/mol. The van der Waals surface area contributed by atoms with Gasteiger partial charge in [0.1, 0.15) is 0 Å². The molecule has 14 heavy (non-hydrogen) atoms. The van der Waals surface area contributed by atoms with E-state index >= 15 is 0 Å². The molecule has 1 fully saturated rings. The van der Waals surface area contributed by atoms with Gasteiger partial charge in [-0.25, -0.2) is 0 Å². The highest BCUT2D eigenvalue weighted by Gasteiger charge is 2.15. The molecule has 82 valence electrons. The van der Waals surface area contributed by atoms with Crippen LogP contribution in [0.3, 0.4) is 0 Å². The molecule has 0 spiro atoms. The lowest BCUT2D eigenvalue weighted by atomic mass is 10.2. The Bertz CT molecular complexity index is 179. The molecule has 0 bridgehead atoms. The maximum atomic E-state index is 11.3. The summed E-state index contributed by atoms with van der Waals surface area (Å²) in [6.45, 7) is 5.72. The van der Waals surface area contributed by atoms with Crippen LogP contribution in [0.1, 0.15) is 26.7 Å². The van der Waals surface area contributed by atoms with E-state index in [2.05, 4.69) is 19.2 Å². The summed E-state index contributed by atoms with van der Waals surface area (Å²) in [6.07, 6.45) is 2.46. The average Bonchev–Trinajstić information content (AvgIpc) is 2.63. The highest BCUT2D eigenvalue weighted by atomic mass is 32.2. The first-order valence-electron chi connectivity index (χ1n) is 5.18. The van der Waals surface area contributed by atoms with Crippen LogP contribution in [0.2, 0.25) is 0 Å². The summed E-state index contributed by atoms with van der Waals surface area (Å²) in [7, 11) is 0. The van der Waals surface area contributed by atoms with Crippen LogP contribution in [-0.2, 0) is 9.53 Å². The first-order chi connectivity index (χ1) is 6.68. The van der Waals surface area contributed by atoms with Gasteiger partial charge < -0.3 is 10.1 Å². The average molecular weight is 217 g/mol. The van der Waals surface area contributed by atoms with E-state index in [0.29, 0.717) is 17.5 Å². The monoisotopic (exact) mass is 217 g/mol. The number of ether oxygens (including phenoxy) is 1. The minimum atomic E-state index is 0.124. The molecule has 1 rings (SSSR count). The molecule has 1 unspecified atom stereocenters. The minimum Gasteiger partial charge on any atom is -0.376 e. The van der Waals surface area contributed by atoms with E-state index in [9.17, 15) is 4.79 Å². The third-order valence-corrected chi connectivity index (χ3v) is 3.19. The lowest BCUT2D eigenvalue weighted by Gasteiger charge is -2.11. The quantitative estimate of drug-likeness (QED) is 0.757. The van der Waals surface area contributed by atoms with Crippen molar-refractivity contribution in [3.63, 3.8) is 0 Å². The van der Waals surface area contributed by atoms with Gasteiger partial charge in [-0.15, -0.1) is 11.8 Å². The zero-order valence-electron chi connectivity index (χ0n) is 8.91. The van der Waals surface area contributed by atoms with Crippen molar-refractivity contribution in [1.29, 1.82) is 0 Å². The van der Waals surface area contributed by atoms with E-state index in [1.54, 1.807) is 11.8 Å². The van der Waals surface area contributed by atoms with Gasteiger partial charge in [-0.1, -0.05) is 13.8 Å². The molecule has 0 aromatic heterocycles. The first-order valence-corrected chi connectivity index (χ1v) is 6.23. The summed E-state index contributed by atoms with van der Waals surface area (Å²) in [5.74, 6) is 0.684. The molecular weight excluding hydrogens is 198 g/mol. The van der Waals surface area contributed by atoms with Crippen LogP contribution in [0, 0.1) is 0 Å². The number of amides is 1.